The molecule has 1 saturated heterocycles. The van der Waals surface area contributed by atoms with Crippen LogP contribution in [-0.4, -0.2) is 139 Å². The number of carboxylic acid groups (broad SMARTS) is 1. The molecule has 62 heavy (non-hydrogen) atoms. The highest BCUT2D eigenvalue weighted by Crippen LogP contribution is 2.21. The van der Waals surface area contributed by atoms with Gasteiger partial charge in [-0.25, -0.2) is 9.78 Å². The maximum absolute atomic E-state index is 14.1. The number of aromatic amines is 1. The molecule has 0 aliphatic carbocycles. The van der Waals surface area contributed by atoms with Crippen LogP contribution in [0.3, 0.4) is 0 Å². The molecule has 0 unspecified atom stereocenters. The van der Waals surface area contributed by atoms with Gasteiger partial charge < -0.3 is 58.1 Å². The molecule has 2 heterocycles. The molecule has 2 aromatic rings. The third-order valence-corrected chi connectivity index (χ3v) is 11.1. The molecule has 0 radical (unpaired) electrons. The van der Waals surface area contributed by atoms with Gasteiger partial charge in [-0.3, -0.25) is 33.6 Å². The number of nitrogens with two attached hydrogens (primary N) is 2. The number of aliphatic hydroxyl groups is 1. The Balaban J connectivity index is 1.78. The van der Waals surface area contributed by atoms with Crippen LogP contribution in [0.25, 0.3) is 0 Å². The van der Waals surface area contributed by atoms with Gasteiger partial charge in [0.2, 0.25) is 35.4 Å². The van der Waals surface area contributed by atoms with E-state index < -0.39 is 108 Å². The van der Waals surface area contributed by atoms with E-state index in [-0.39, 0.29) is 45.1 Å². The number of rotatable bonds is 25. The molecule has 342 valence electrons. The van der Waals surface area contributed by atoms with Crippen molar-refractivity contribution in [3.05, 3.63) is 54.1 Å². The second-order valence-corrected chi connectivity index (χ2v) is 17.0. The van der Waals surface area contributed by atoms with Crippen molar-refractivity contribution >= 4 is 59.1 Å². The molecule has 7 amide bonds. The lowest BCUT2D eigenvalue weighted by molar-refractivity contribution is -0.147. The first-order chi connectivity index (χ1) is 29.3. The Hall–Kier alpha value is -5.54. The lowest BCUT2D eigenvalue weighted by atomic mass is 9.97. The number of hydrogen-bond acceptors (Lipinski definition) is 12. The highest BCUT2D eigenvalue weighted by molar-refractivity contribution is 7.98. The first kappa shape index (κ1) is 50.8. The van der Waals surface area contributed by atoms with Gasteiger partial charge in [-0.05, 0) is 61.5 Å². The van der Waals surface area contributed by atoms with Crippen molar-refractivity contribution in [1.82, 2.24) is 41.5 Å². The maximum atomic E-state index is 14.1. The number of hydrogen-bond donors (Lipinski definition) is 10. The highest BCUT2D eigenvalue weighted by atomic mass is 32.2. The number of imidazole rings is 1. The Labute approximate surface area is 365 Å². The summed E-state index contributed by atoms with van der Waals surface area (Å²) in [5, 5.41) is 34.7. The van der Waals surface area contributed by atoms with Gasteiger partial charge in [0.15, 0.2) is 6.10 Å². The number of nitrogens with one attached hydrogen (secondary N) is 6. The van der Waals surface area contributed by atoms with Crippen LogP contribution < -0.4 is 38.1 Å². The molecule has 1 aliphatic heterocycles. The number of nitrogens with zero attached hydrogens (tertiary/aromatic N) is 2. The molecule has 12 N–H and O–H groups in total. The van der Waals surface area contributed by atoms with Crippen LogP contribution in [0, 0.1) is 11.8 Å². The summed E-state index contributed by atoms with van der Waals surface area (Å²) >= 11 is 1.42. The minimum absolute atomic E-state index is 0.00165. The Morgan fingerprint density at radius 2 is 1.48 bits per heavy atom. The number of carboxylic acids is 1. The summed E-state index contributed by atoms with van der Waals surface area (Å²) < 4.78 is 0. The first-order valence-electron chi connectivity index (χ1n) is 20.6. The Kier molecular flexibility index (Phi) is 20.3. The van der Waals surface area contributed by atoms with E-state index in [1.54, 1.807) is 58.0 Å². The van der Waals surface area contributed by atoms with Crippen LogP contribution in [0.15, 0.2) is 42.9 Å². The van der Waals surface area contributed by atoms with E-state index >= 15 is 0 Å². The lowest BCUT2D eigenvalue weighted by Crippen LogP contribution is -2.61. The predicted octanol–water partition coefficient (Wildman–Crippen LogP) is -1.29. The van der Waals surface area contributed by atoms with Gasteiger partial charge in [0, 0.05) is 31.3 Å². The van der Waals surface area contributed by atoms with Gasteiger partial charge in [0.05, 0.1) is 18.4 Å². The van der Waals surface area contributed by atoms with Crippen LogP contribution in [0.4, 0.5) is 0 Å². The van der Waals surface area contributed by atoms with Crippen molar-refractivity contribution in [3.63, 3.8) is 0 Å². The number of aromatic nitrogens is 2. The van der Waals surface area contributed by atoms with E-state index in [4.69, 9.17) is 11.5 Å². The molecule has 0 bridgehead atoms. The summed E-state index contributed by atoms with van der Waals surface area (Å²) in [4.78, 5) is 113. The number of primary amides is 1. The molecule has 3 rings (SSSR count). The Morgan fingerprint density at radius 3 is 2.06 bits per heavy atom. The topological polar surface area (TPSA) is 321 Å². The minimum atomic E-state index is -1.85. The largest absolute Gasteiger partial charge is 0.480 e. The van der Waals surface area contributed by atoms with E-state index in [9.17, 15) is 48.6 Å². The predicted molar refractivity (Wildman–Crippen MR) is 230 cm³/mol. The van der Waals surface area contributed by atoms with E-state index in [0.717, 1.165) is 0 Å². The van der Waals surface area contributed by atoms with E-state index in [1.165, 1.54) is 29.2 Å². The molecule has 1 aliphatic rings. The number of carbonyl (C=O) groups is 8. The third kappa shape index (κ3) is 15.4. The van der Waals surface area contributed by atoms with Crippen molar-refractivity contribution in [2.45, 2.75) is 121 Å². The van der Waals surface area contributed by atoms with E-state index in [1.807, 2.05) is 6.26 Å². The number of carbonyl (C=O) groups excluding carboxylic acids is 7. The fraction of sp³-hybridized carbons (Fsp3) is 0.585. The van der Waals surface area contributed by atoms with Crippen LogP contribution in [0.2, 0.25) is 0 Å². The number of thioether (sulfide) groups is 1. The van der Waals surface area contributed by atoms with Crippen molar-refractivity contribution in [2.75, 3.05) is 18.6 Å². The Bertz CT molecular complexity index is 1830. The zero-order chi connectivity index (χ0) is 46.1. The average Bonchev–Trinajstić information content (AvgIpc) is 3.94. The standard InChI is InChI=1S/C41H62N10O10S/c1-22(2)32(49-35(54)26(42)13-14-31(43)52)39(58)47-28(18-24-10-7-6-8-11-24)34(53)40(59)51-16-9-12-30(51)37(56)50-33(23(3)4)38(57)46-27(15-17-62-5)36(55)48-29(41(60)61)19-25-20-44-21-45-25/h6-8,10-11,20-23,26-30,32-34,53H,9,12-19,42H2,1-5H3,(H2,43,52)(H,44,45)(H,46,57)(H,47,58)(H,48,55)(H,49,54)(H,50,56)(H,60,61)/t26-,27+,28+,29+,30+,32-,33+,34+/m1/s1. The second kappa shape index (κ2) is 24.8. The summed E-state index contributed by atoms with van der Waals surface area (Å²) in [5.74, 6) is -6.77. The zero-order valence-corrected chi connectivity index (χ0v) is 36.6. The Morgan fingerprint density at radius 1 is 0.855 bits per heavy atom. The van der Waals surface area contributed by atoms with Gasteiger partial charge in [-0.1, -0.05) is 58.0 Å². The smallest absolute Gasteiger partial charge is 0.326 e. The fourth-order valence-electron chi connectivity index (χ4n) is 6.89. The van der Waals surface area contributed by atoms with Gasteiger partial charge in [-0.15, -0.1) is 0 Å². The van der Waals surface area contributed by atoms with Crippen molar-refractivity contribution in [2.24, 2.45) is 23.3 Å². The molecule has 0 spiro atoms. The SMILES string of the molecule is CSCC[C@H](NC(=O)[C@@H](NC(=O)[C@@H]1CCCN1C(=O)[C@@H](O)[C@H](Cc1ccccc1)NC(=O)[C@H](NC(=O)[C@H](N)CCC(N)=O)C(C)C)C(C)C)C(=O)N[C@@H](Cc1cnc[nH]1)C(=O)O. The summed E-state index contributed by atoms with van der Waals surface area (Å²) in [6, 6.07) is 0.563. The molecule has 1 aromatic carbocycles. The highest BCUT2D eigenvalue weighted by Gasteiger charge is 2.42. The van der Waals surface area contributed by atoms with Gasteiger partial charge in [-0.2, -0.15) is 11.8 Å². The summed E-state index contributed by atoms with van der Waals surface area (Å²) in [5.41, 5.74) is 12.3. The third-order valence-electron chi connectivity index (χ3n) is 10.5. The van der Waals surface area contributed by atoms with Crippen LogP contribution in [0.5, 0.6) is 0 Å². The van der Waals surface area contributed by atoms with Gasteiger partial charge >= 0.3 is 5.97 Å². The van der Waals surface area contributed by atoms with Gasteiger partial charge in [0.1, 0.15) is 30.2 Å². The minimum Gasteiger partial charge on any atom is -0.480 e. The van der Waals surface area contributed by atoms with E-state index in [2.05, 4.69) is 36.6 Å². The molecule has 0 saturated carbocycles. The van der Waals surface area contributed by atoms with Crippen molar-refractivity contribution < 1.29 is 48.6 Å². The number of H-pyrrole nitrogens is 1. The maximum Gasteiger partial charge on any atom is 0.326 e. The van der Waals surface area contributed by atoms with E-state index in [0.29, 0.717) is 23.4 Å². The van der Waals surface area contributed by atoms with Crippen molar-refractivity contribution in [1.29, 1.82) is 0 Å². The number of aliphatic carboxylic acids is 1. The first-order valence-corrected chi connectivity index (χ1v) is 22.0. The molecule has 1 aromatic heterocycles. The van der Waals surface area contributed by atoms with Gasteiger partial charge in [0.25, 0.3) is 5.91 Å². The normalized spacial score (nSPS) is 17.2. The zero-order valence-electron chi connectivity index (χ0n) is 35.8. The summed E-state index contributed by atoms with van der Waals surface area (Å²) in [6.45, 7) is 6.83. The molecule has 21 heteroatoms. The van der Waals surface area contributed by atoms with Crippen LogP contribution in [-0.2, 0) is 51.2 Å². The lowest BCUT2D eigenvalue weighted by Gasteiger charge is -2.33. The van der Waals surface area contributed by atoms with Crippen LogP contribution >= 0.6 is 11.8 Å². The number of benzene rings is 1. The average molecular weight is 887 g/mol. The number of amides is 7. The molecule has 20 nitrogen and oxygen atoms in total. The monoisotopic (exact) mass is 886 g/mol. The van der Waals surface area contributed by atoms with Crippen molar-refractivity contribution in [3.8, 4) is 0 Å². The number of likely N-dealkylation sites (tertiary alicyclic amines) is 1. The molecule has 8 atom stereocenters. The second-order valence-electron chi connectivity index (χ2n) is 16.0. The van der Waals surface area contributed by atoms with Crippen LogP contribution in [0.1, 0.15) is 71.1 Å². The molecule has 1 fully saturated rings. The summed E-state index contributed by atoms with van der Waals surface area (Å²) in [7, 11) is 0. The molecular weight excluding hydrogens is 825 g/mol. The summed E-state index contributed by atoms with van der Waals surface area (Å²) in [6.07, 6.45) is 3.29. The quantitative estimate of drug-likeness (QED) is 0.0556. The molecular formula is C41H62N10O10S. The number of aliphatic hydroxyl groups excluding tert-OH is 1. The fourth-order valence-corrected chi connectivity index (χ4v) is 7.36.